The molecule has 24 heavy (non-hydrogen) atoms. The van der Waals surface area contributed by atoms with Crippen molar-refractivity contribution in [2.75, 3.05) is 13.1 Å². The summed E-state index contributed by atoms with van der Waals surface area (Å²) in [7, 11) is 0. The van der Waals surface area contributed by atoms with E-state index < -0.39 is 54.6 Å². The van der Waals surface area contributed by atoms with Crippen LogP contribution in [0, 0.1) is 0 Å². The van der Waals surface area contributed by atoms with Gasteiger partial charge >= 0.3 is 12.1 Å². The van der Waals surface area contributed by atoms with E-state index in [1.807, 2.05) is 0 Å². The van der Waals surface area contributed by atoms with E-state index >= 15 is 0 Å². The van der Waals surface area contributed by atoms with Crippen LogP contribution < -0.4 is 5.73 Å². The lowest BCUT2D eigenvalue weighted by atomic mass is 9.94. The zero-order valence-corrected chi connectivity index (χ0v) is 13.6. The average molecular weight is 354 g/mol. The third kappa shape index (κ3) is 3.01. The van der Waals surface area contributed by atoms with E-state index in [9.17, 15) is 18.0 Å². The minimum atomic E-state index is -4.99. The van der Waals surface area contributed by atoms with E-state index in [-0.39, 0.29) is 13.1 Å². The molecule has 1 unspecified atom stereocenters. The van der Waals surface area contributed by atoms with Gasteiger partial charge in [0.25, 0.3) is 0 Å². The number of amides is 1. The van der Waals surface area contributed by atoms with Gasteiger partial charge in [0, 0.05) is 13.1 Å². The van der Waals surface area contributed by atoms with Crippen molar-refractivity contribution in [2.45, 2.75) is 69.5 Å². The molecule has 3 fully saturated rings. The van der Waals surface area contributed by atoms with Gasteiger partial charge in [-0.3, -0.25) is 4.79 Å². The normalized spacial score (nSPS) is 41.7. The lowest BCUT2D eigenvalue weighted by molar-refractivity contribution is -0.298. The molecule has 138 valence electrons. The van der Waals surface area contributed by atoms with Gasteiger partial charge in [0.2, 0.25) is 0 Å². The standard InChI is InChI=1S/C14H21F3N2O5/c1-6-5-19(12(20)14(15,16)17)8-10-9(23-13(2,3)24-10)7(4-18)22-11(8)21-6/h6-11H,4-5,18H2,1-3H3/t6?,7-,8-,9+,10-,11+/m1/s1. The summed E-state index contributed by atoms with van der Waals surface area (Å²) < 4.78 is 61.8. The molecule has 7 nitrogen and oxygen atoms in total. The topological polar surface area (TPSA) is 83.3 Å². The van der Waals surface area contributed by atoms with Gasteiger partial charge in [-0.15, -0.1) is 0 Å². The minimum absolute atomic E-state index is 0.0920. The van der Waals surface area contributed by atoms with Crippen LogP contribution in [0.3, 0.4) is 0 Å². The van der Waals surface area contributed by atoms with Gasteiger partial charge in [0.05, 0.1) is 6.10 Å². The summed E-state index contributed by atoms with van der Waals surface area (Å²) in [6, 6.07) is -1.05. The second-order valence-corrected chi connectivity index (χ2v) is 6.74. The maximum atomic E-state index is 13.0. The summed E-state index contributed by atoms with van der Waals surface area (Å²) in [5.74, 6) is -2.95. The number of rotatable bonds is 1. The second-order valence-electron chi connectivity index (χ2n) is 6.74. The smallest absolute Gasteiger partial charge is 0.346 e. The molecule has 0 aromatic heterocycles. The van der Waals surface area contributed by atoms with Gasteiger partial charge in [0.15, 0.2) is 12.1 Å². The molecule has 0 radical (unpaired) electrons. The van der Waals surface area contributed by atoms with Gasteiger partial charge in [-0.05, 0) is 20.8 Å². The molecule has 0 saturated carbocycles. The van der Waals surface area contributed by atoms with Crippen molar-refractivity contribution in [3.8, 4) is 0 Å². The van der Waals surface area contributed by atoms with Crippen molar-refractivity contribution in [3.05, 3.63) is 0 Å². The molecule has 2 N–H and O–H groups in total. The first-order valence-electron chi connectivity index (χ1n) is 7.78. The van der Waals surface area contributed by atoms with Crippen LogP contribution in [0.4, 0.5) is 13.2 Å². The monoisotopic (exact) mass is 354 g/mol. The molecule has 3 aliphatic rings. The van der Waals surface area contributed by atoms with E-state index in [1.165, 1.54) is 0 Å². The van der Waals surface area contributed by atoms with Crippen LogP contribution in [0.25, 0.3) is 0 Å². The van der Waals surface area contributed by atoms with Gasteiger partial charge in [-0.1, -0.05) is 0 Å². The molecule has 1 amide bonds. The Morgan fingerprint density at radius 2 is 1.88 bits per heavy atom. The van der Waals surface area contributed by atoms with Crippen LogP contribution in [-0.4, -0.2) is 72.6 Å². The van der Waals surface area contributed by atoms with E-state index in [0.29, 0.717) is 0 Å². The van der Waals surface area contributed by atoms with Crippen molar-refractivity contribution in [1.82, 2.24) is 4.90 Å². The molecule has 0 aromatic rings. The summed E-state index contributed by atoms with van der Waals surface area (Å²) in [4.78, 5) is 12.6. The predicted octanol–water partition coefficient (Wildman–Crippen LogP) is 0.368. The second kappa shape index (κ2) is 5.80. The number of halogens is 3. The molecule has 3 saturated heterocycles. The Morgan fingerprint density at radius 3 is 2.46 bits per heavy atom. The number of carbonyl (C=O) groups excluding carboxylic acids is 1. The maximum Gasteiger partial charge on any atom is 0.471 e. The third-order valence-corrected chi connectivity index (χ3v) is 4.37. The molecular formula is C14H21F3N2O5. The lowest BCUT2D eigenvalue weighted by Gasteiger charge is -2.50. The van der Waals surface area contributed by atoms with Crippen molar-refractivity contribution < 1.29 is 36.9 Å². The average Bonchev–Trinajstić information content (AvgIpc) is 2.78. The van der Waals surface area contributed by atoms with Crippen molar-refractivity contribution in [3.63, 3.8) is 0 Å². The first-order valence-corrected chi connectivity index (χ1v) is 7.78. The van der Waals surface area contributed by atoms with E-state index in [1.54, 1.807) is 20.8 Å². The Balaban J connectivity index is 1.95. The molecule has 10 heteroatoms. The highest BCUT2D eigenvalue weighted by molar-refractivity contribution is 5.82. The Morgan fingerprint density at radius 1 is 1.25 bits per heavy atom. The molecule has 6 atom stereocenters. The van der Waals surface area contributed by atoms with Crippen molar-refractivity contribution in [2.24, 2.45) is 5.73 Å². The third-order valence-electron chi connectivity index (χ3n) is 4.37. The summed E-state index contributed by atoms with van der Waals surface area (Å²) in [6.07, 6.45) is -8.73. The largest absolute Gasteiger partial charge is 0.471 e. The van der Waals surface area contributed by atoms with E-state index in [4.69, 9.17) is 24.7 Å². The highest BCUT2D eigenvalue weighted by atomic mass is 19.4. The molecular weight excluding hydrogens is 333 g/mol. The number of hydrogen-bond acceptors (Lipinski definition) is 6. The predicted molar refractivity (Wildman–Crippen MR) is 73.6 cm³/mol. The zero-order chi connectivity index (χ0) is 17.9. The SMILES string of the molecule is CC1CN(C(=O)C(F)(F)F)[C@H]2[C@@H](O1)O[C@H](CN)[C@@H]1OC(C)(C)O[C@@H]12. The first-order chi connectivity index (χ1) is 11.0. The summed E-state index contributed by atoms with van der Waals surface area (Å²) >= 11 is 0. The molecule has 3 aliphatic heterocycles. The fraction of sp³-hybridized carbons (Fsp3) is 0.929. The summed E-state index contributed by atoms with van der Waals surface area (Å²) in [5.41, 5.74) is 5.69. The van der Waals surface area contributed by atoms with Crippen LogP contribution >= 0.6 is 0 Å². The van der Waals surface area contributed by atoms with Crippen LogP contribution in [0.15, 0.2) is 0 Å². The number of hydrogen-bond donors (Lipinski definition) is 1. The Bertz CT molecular complexity index is 515. The van der Waals surface area contributed by atoms with Crippen LogP contribution in [-0.2, 0) is 23.7 Å². The van der Waals surface area contributed by atoms with Gasteiger partial charge in [0.1, 0.15) is 24.4 Å². The fourth-order valence-corrected chi connectivity index (χ4v) is 3.53. The maximum absolute atomic E-state index is 13.0. The number of morpholine rings is 1. The number of ether oxygens (including phenoxy) is 4. The molecule has 0 spiro atoms. The first kappa shape index (κ1) is 17.9. The zero-order valence-electron chi connectivity index (χ0n) is 13.6. The van der Waals surface area contributed by atoms with E-state index in [2.05, 4.69) is 0 Å². The summed E-state index contributed by atoms with van der Waals surface area (Å²) in [6.45, 7) is 4.76. The highest BCUT2D eigenvalue weighted by Gasteiger charge is 2.61. The van der Waals surface area contributed by atoms with Gasteiger partial charge in [-0.2, -0.15) is 13.2 Å². The molecule has 0 aliphatic carbocycles. The number of carbonyl (C=O) groups is 1. The number of nitrogens with two attached hydrogens (primary N) is 1. The summed E-state index contributed by atoms with van der Waals surface area (Å²) in [5, 5.41) is 0. The Kier molecular flexibility index (Phi) is 4.32. The Hall–Kier alpha value is -0.940. The van der Waals surface area contributed by atoms with Crippen LogP contribution in [0.2, 0.25) is 0 Å². The quantitative estimate of drug-likeness (QED) is 0.733. The molecule has 3 rings (SSSR count). The van der Waals surface area contributed by atoms with E-state index in [0.717, 1.165) is 4.90 Å². The van der Waals surface area contributed by atoms with Crippen molar-refractivity contribution in [1.29, 1.82) is 0 Å². The van der Waals surface area contributed by atoms with Crippen molar-refractivity contribution >= 4 is 5.91 Å². The molecule has 3 heterocycles. The highest BCUT2D eigenvalue weighted by Crippen LogP contribution is 2.42. The van der Waals surface area contributed by atoms with Crippen LogP contribution in [0.1, 0.15) is 20.8 Å². The minimum Gasteiger partial charge on any atom is -0.346 e. The number of nitrogens with zero attached hydrogens (tertiary/aromatic N) is 1. The fourth-order valence-electron chi connectivity index (χ4n) is 3.53. The lowest BCUT2D eigenvalue weighted by Crippen LogP contribution is -2.70. The number of fused-ring (bicyclic) bond motifs is 3. The Labute approximate surface area is 137 Å². The molecule has 0 bridgehead atoms. The molecule has 0 aromatic carbocycles. The van der Waals surface area contributed by atoms with Gasteiger partial charge < -0.3 is 29.6 Å². The number of alkyl halides is 3. The van der Waals surface area contributed by atoms with Crippen LogP contribution in [0.5, 0.6) is 0 Å². The van der Waals surface area contributed by atoms with Gasteiger partial charge in [-0.25, -0.2) is 0 Å².